The number of rotatable bonds is 6. The molecule has 40 heavy (non-hydrogen) atoms. The zero-order valence-electron chi connectivity index (χ0n) is 21.6. The Labute approximate surface area is 225 Å². The van der Waals surface area contributed by atoms with E-state index in [0.29, 0.717) is 48.8 Å². The Hall–Kier alpha value is -3.59. The molecule has 2 fully saturated rings. The fourth-order valence-electron chi connectivity index (χ4n) is 5.29. The number of pyridine rings is 1. The zero-order chi connectivity index (χ0) is 28.0. The van der Waals surface area contributed by atoms with E-state index in [1.165, 1.54) is 6.07 Å². The van der Waals surface area contributed by atoms with Gasteiger partial charge in [0.1, 0.15) is 29.0 Å². The number of morpholine rings is 1. The molecule has 4 aromatic rings. The normalized spacial score (nSPS) is 20.6. The average Bonchev–Trinajstić information content (AvgIpc) is 3.67. The van der Waals surface area contributed by atoms with Gasteiger partial charge in [-0.3, -0.25) is 4.68 Å². The number of nitrogens with zero attached hydrogens (tertiary/aromatic N) is 8. The monoisotopic (exact) mass is 566 g/mol. The second kappa shape index (κ2) is 10.4. The molecule has 2 aliphatic heterocycles. The summed E-state index contributed by atoms with van der Waals surface area (Å²) in [6.07, 6.45) is 0.231. The number of hydrogen-bond acceptors (Lipinski definition) is 7. The van der Waals surface area contributed by atoms with Crippen LogP contribution in [0.4, 0.5) is 27.6 Å². The van der Waals surface area contributed by atoms with E-state index in [1.54, 1.807) is 23.0 Å². The minimum Gasteiger partial charge on any atom is -0.377 e. The Balaban J connectivity index is 1.60. The Bertz CT molecular complexity index is 1490. The lowest BCUT2D eigenvalue weighted by Crippen LogP contribution is -2.44. The number of hydrogen-bond donors (Lipinski definition) is 0. The van der Waals surface area contributed by atoms with Crippen LogP contribution in [0.5, 0.6) is 0 Å². The van der Waals surface area contributed by atoms with Crippen molar-refractivity contribution in [3.8, 4) is 22.8 Å². The van der Waals surface area contributed by atoms with E-state index in [0.717, 1.165) is 23.7 Å². The molecule has 0 aromatic carbocycles. The summed E-state index contributed by atoms with van der Waals surface area (Å²) in [6.45, 7) is -0.610. The smallest absolute Gasteiger partial charge is 0.377 e. The first-order valence-electron chi connectivity index (χ1n) is 13.0. The molecule has 0 bridgehead atoms. The molecule has 0 radical (unpaired) electrons. The highest BCUT2D eigenvalue weighted by atomic mass is 19.4. The minimum absolute atomic E-state index is 0.156. The first-order chi connectivity index (χ1) is 19.2. The molecule has 0 N–H and O–H groups in total. The van der Waals surface area contributed by atoms with Crippen molar-refractivity contribution in [3.63, 3.8) is 0 Å². The minimum atomic E-state index is -4.56. The van der Waals surface area contributed by atoms with Gasteiger partial charge in [0, 0.05) is 31.6 Å². The van der Waals surface area contributed by atoms with Crippen molar-refractivity contribution in [2.24, 2.45) is 0 Å². The van der Waals surface area contributed by atoms with Crippen LogP contribution in [0.25, 0.3) is 33.8 Å². The van der Waals surface area contributed by atoms with Gasteiger partial charge in [0.25, 0.3) is 0 Å². The molecule has 15 heteroatoms. The van der Waals surface area contributed by atoms with Crippen molar-refractivity contribution in [2.75, 3.05) is 31.3 Å². The predicted molar refractivity (Wildman–Crippen MR) is 134 cm³/mol. The van der Waals surface area contributed by atoms with Crippen LogP contribution in [0.3, 0.4) is 0 Å². The van der Waals surface area contributed by atoms with Crippen LogP contribution in [0.2, 0.25) is 0 Å². The maximum absolute atomic E-state index is 13.8. The average molecular weight is 567 g/mol. The van der Waals surface area contributed by atoms with Crippen molar-refractivity contribution in [1.82, 2.24) is 34.3 Å². The van der Waals surface area contributed by atoms with Crippen molar-refractivity contribution in [1.29, 1.82) is 0 Å². The number of alkyl halides is 5. The zero-order valence-corrected chi connectivity index (χ0v) is 21.6. The molecule has 2 aliphatic rings. The number of halogens is 5. The molecule has 0 spiro atoms. The van der Waals surface area contributed by atoms with E-state index >= 15 is 0 Å². The quantitative estimate of drug-likeness (QED) is 0.302. The van der Waals surface area contributed by atoms with E-state index in [2.05, 4.69) is 20.3 Å². The summed E-state index contributed by atoms with van der Waals surface area (Å²) in [5, 5.41) is 12.8. The molecule has 1 unspecified atom stereocenters. The summed E-state index contributed by atoms with van der Waals surface area (Å²) >= 11 is 0. The first-order valence-corrected chi connectivity index (χ1v) is 13.0. The second-order valence-corrected chi connectivity index (χ2v) is 9.90. The van der Waals surface area contributed by atoms with Gasteiger partial charge >= 0.3 is 12.7 Å². The maximum atomic E-state index is 13.8. The van der Waals surface area contributed by atoms with Crippen LogP contribution in [0.1, 0.15) is 39.0 Å². The van der Waals surface area contributed by atoms with Gasteiger partial charge < -0.3 is 14.4 Å². The van der Waals surface area contributed by atoms with Gasteiger partial charge in [-0.05, 0) is 44.4 Å². The van der Waals surface area contributed by atoms with Gasteiger partial charge in [0.15, 0.2) is 6.23 Å². The van der Waals surface area contributed by atoms with E-state index in [1.807, 2.05) is 11.8 Å². The highest BCUT2D eigenvalue weighted by Crippen LogP contribution is 2.39. The second-order valence-electron chi connectivity index (χ2n) is 9.90. The summed E-state index contributed by atoms with van der Waals surface area (Å²) in [4.78, 5) is 6.61. The van der Waals surface area contributed by atoms with Crippen LogP contribution < -0.4 is 4.90 Å². The van der Waals surface area contributed by atoms with E-state index < -0.39 is 25.5 Å². The van der Waals surface area contributed by atoms with Crippen LogP contribution in [-0.4, -0.2) is 72.9 Å². The molecule has 6 heterocycles. The molecular weight excluding hydrogens is 539 g/mol. The van der Waals surface area contributed by atoms with Crippen molar-refractivity contribution >= 4 is 16.7 Å². The number of anilines is 1. The summed E-state index contributed by atoms with van der Waals surface area (Å²) in [5.74, 6) is 0. The Morgan fingerprint density at radius 2 is 1.95 bits per heavy atom. The van der Waals surface area contributed by atoms with E-state index in [4.69, 9.17) is 9.47 Å². The Kier molecular flexibility index (Phi) is 6.94. The van der Waals surface area contributed by atoms with Gasteiger partial charge in [-0.1, -0.05) is 0 Å². The lowest BCUT2D eigenvalue weighted by Gasteiger charge is -2.35. The molecule has 6 rings (SSSR count). The van der Waals surface area contributed by atoms with Gasteiger partial charge in [-0.2, -0.15) is 37.2 Å². The highest BCUT2D eigenvalue weighted by Gasteiger charge is 2.34. The Morgan fingerprint density at radius 1 is 1.10 bits per heavy atom. The molecule has 2 atom stereocenters. The summed E-state index contributed by atoms with van der Waals surface area (Å²) in [5.41, 5.74) is 1.81. The number of aromatic nitrogens is 7. The lowest BCUT2D eigenvalue weighted by molar-refractivity contribution is -0.141. The molecule has 2 saturated heterocycles. The third kappa shape index (κ3) is 5.03. The van der Waals surface area contributed by atoms with Crippen LogP contribution in [-0.2, 0) is 16.0 Å². The topological polar surface area (TPSA) is 88.1 Å². The third-order valence-electron chi connectivity index (χ3n) is 7.09. The van der Waals surface area contributed by atoms with E-state index in [9.17, 15) is 22.0 Å². The first kappa shape index (κ1) is 26.6. The third-order valence-corrected chi connectivity index (χ3v) is 7.09. The van der Waals surface area contributed by atoms with Crippen molar-refractivity contribution < 1.29 is 31.4 Å². The SMILES string of the molecule is C[C@@H]1COCCN1c1cc(-c2ccn(C(F)F)n2)nc2c(-c3ccnn3C3CCCCO3)nn(CC(F)(F)F)c12. The molecule has 0 saturated carbocycles. The van der Waals surface area contributed by atoms with Gasteiger partial charge in [-0.15, -0.1) is 0 Å². The number of ether oxygens (including phenoxy) is 2. The summed E-state index contributed by atoms with van der Waals surface area (Å²) in [7, 11) is 0. The fraction of sp³-hybridized carbons (Fsp3) is 0.520. The van der Waals surface area contributed by atoms with Crippen LogP contribution >= 0.6 is 0 Å². The number of fused-ring (bicyclic) bond motifs is 1. The molecule has 214 valence electrons. The molecular formula is C25H27F5N8O2. The summed E-state index contributed by atoms with van der Waals surface area (Å²) in [6, 6.07) is 4.47. The molecule has 0 amide bonds. The van der Waals surface area contributed by atoms with Crippen molar-refractivity contribution in [3.05, 3.63) is 30.6 Å². The summed E-state index contributed by atoms with van der Waals surface area (Å²) < 4.78 is 82.6. The highest BCUT2D eigenvalue weighted by molar-refractivity contribution is 5.99. The maximum Gasteiger partial charge on any atom is 0.408 e. The predicted octanol–water partition coefficient (Wildman–Crippen LogP) is 5.04. The van der Waals surface area contributed by atoms with Crippen LogP contribution in [0.15, 0.2) is 30.6 Å². The van der Waals surface area contributed by atoms with Gasteiger partial charge in [0.05, 0.1) is 30.3 Å². The standard InChI is InChI=1S/C25H27F5N8O2/c1-15-13-39-11-9-35(15)19-12-17(16-6-8-36(33-16)24(26)27)32-22-21(34-37(23(19)22)14-25(28,29)30)18-5-7-31-38(18)20-4-2-3-10-40-20/h5-8,12,15,20,24H,2-4,9-11,13-14H2,1H3/t15-,20?/m1/s1. The van der Waals surface area contributed by atoms with Gasteiger partial charge in [-0.25, -0.2) is 14.3 Å². The lowest BCUT2D eigenvalue weighted by atomic mass is 10.1. The molecule has 0 aliphatic carbocycles. The fourth-order valence-corrected chi connectivity index (χ4v) is 5.29. The van der Waals surface area contributed by atoms with Crippen molar-refractivity contribution in [2.45, 2.75) is 57.7 Å². The largest absolute Gasteiger partial charge is 0.408 e. The molecule has 10 nitrogen and oxygen atoms in total. The Morgan fingerprint density at radius 3 is 2.65 bits per heavy atom. The van der Waals surface area contributed by atoms with Gasteiger partial charge in [0.2, 0.25) is 0 Å². The molecule has 4 aromatic heterocycles. The van der Waals surface area contributed by atoms with E-state index in [-0.39, 0.29) is 34.2 Å². The van der Waals surface area contributed by atoms with Crippen LogP contribution in [0, 0.1) is 0 Å².